The Labute approximate surface area is 164 Å². The third kappa shape index (κ3) is 3.85. The Bertz CT molecular complexity index is 1110. The molecule has 0 heterocycles. The zero-order valence-electron chi connectivity index (χ0n) is 16.0. The van der Waals surface area contributed by atoms with Crippen molar-refractivity contribution in [3.63, 3.8) is 0 Å². The van der Waals surface area contributed by atoms with Crippen molar-refractivity contribution < 1.29 is 17.9 Å². The number of nitrogens with zero attached hydrogens (tertiary/aromatic N) is 1. The second kappa shape index (κ2) is 8.00. The summed E-state index contributed by atoms with van der Waals surface area (Å²) in [6.07, 6.45) is 0. The largest absolute Gasteiger partial charge is 0.496 e. The molecule has 0 radical (unpaired) electrons. The molecule has 0 aromatic heterocycles. The normalized spacial score (nSPS) is 11.6. The molecule has 3 aromatic rings. The van der Waals surface area contributed by atoms with E-state index in [0.29, 0.717) is 17.9 Å². The molecule has 6 nitrogen and oxygen atoms in total. The number of hydrogen-bond acceptors (Lipinski definition) is 4. The first kappa shape index (κ1) is 19.9. The minimum absolute atomic E-state index is 0.143. The minimum atomic E-state index is -3.52. The van der Waals surface area contributed by atoms with Gasteiger partial charge in [0.05, 0.1) is 12.0 Å². The lowest BCUT2D eigenvalue weighted by molar-refractivity contribution is 0.0950. The van der Waals surface area contributed by atoms with Gasteiger partial charge in [0.2, 0.25) is 10.0 Å². The molecule has 3 rings (SSSR count). The molecule has 0 saturated heterocycles. The zero-order valence-corrected chi connectivity index (χ0v) is 16.8. The van der Waals surface area contributed by atoms with Crippen LogP contribution in [-0.2, 0) is 16.6 Å². The molecule has 0 atom stereocenters. The molecular formula is C21H22N2O4S. The van der Waals surface area contributed by atoms with E-state index >= 15 is 0 Å². The summed E-state index contributed by atoms with van der Waals surface area (Å²) in [7, 11) is 1.01. The molecule has 0 unspecified atom stereocenters. The number of nitrogens with one attached hydrogen (secondary N) is 1. The SMILES string of the molecule is COc1ccc2ccccc2c1CNC(=O)c1ccc(S(=O)(=O)N(C)C)cc1. The van der Waals surface area contributed by atoms with Crippen molar-refractivity contribution in [2.75, 3.05) is 21.2 Å². The van der Waals surface area contributed by atoms with Crippen LogP contribution in [0.25, 0.3) is 10.8 Å². The average Bonchev–Trinajstić information content (AvgIpc) is 2.71. The molecule has 3 aromatic carbocycles. The predicted molar refractivity (Wildman–Crippen MR) is 109 cm³/mol. The first-order chi connectivity index (χ1) is 13.3. The van der Waals surface area contributed by atoms with Gasteiger partial charge >= 0.3 is 0 Å². The number of carbonyl (C=O) groups is 1. The van der Waals surface area contributed by atoms with Gasteiger partial charge in [-0.3, -0.25) is 4.79 Å². The third-order valence-electron chi connectivity index (χ3n) is 4.54. The van der Waals surface area contributed by atoms with E-state index in [4.69, 9.17) is 4.74 Å². The molecule has 1 amide bonds. The number of amides is 1. The summed E-state index contributed by atoms with van der Waals surface area (Å²) >= 11 is 0. The van der Waals surface area contributed by atoms with Crippen LogP contribution in [0.5, 0.6) is 5.75 Å². The number of benzene rings is 3. The molecule has 0 aliphatic heterocycles. The summed E-state index contributed by atoms with van der Waals surface area (Å²) in [6, 6.07) is 17.6. The van der Waals surface area contributed by atoms with Crippen LogP contribution < -0.4 is 10.1 Å². The van der Waals surface area contributed by atoms with Gasteiger partial charge < -0.3 is 10.1 Å². The molecule has 28 heavy (non-hydrogen) atoms. The highest BCUT2D eigenvalue weighted by Crippen LogP contribution is 2.27. The molecule has 0 aliphatic rings. The van der Waals surface area contributed by atoms with Gasteiger partial charge in [-0.25, -0.2) is 12.7 Å². The van der Waals surface area contributed by atoms with E-state index < -0.39 is 10.0 Å². The van der Waals surface area contributed by atoms with Crippen molar-refractivity contribution >= 4 is 26.7 Å². The smallest absolute Gasteiger partial charge is 0.251 e. The molecule has 0 fully saturated rings. The lowest BCUT2D eigenvalue weighted by Gasteiger charge is -2.14. The van der Waals surface area contributed by atoms with Crippen molar-refractivity contribution in [1.82, 2.24) is 9.62 Å². The van der Waals surface area contributed by atoms with E-state index in [1.807, 2.05) is 36.4 Å². The van der Waals surface area contributed by atoms with Gasteiger partial charge in [0.15, 0.2) is 0 Å². The Morgan fingerprint density at radius 3 is 2.32 bits per heavy atom. The number of rotatable bonds is 6. The van der Waals surface area contributed by atoms with Gasteiger partial charge in [-0.05, 0) is 41.1 Å². The Kier molecular flexibility index (Phi) is 5.67. The van der Waals surface area contributed by atoms with Gasteiger partial charge in [0.1, 0.15) is 5.75 Å². The highest BCUT2D eigenvalue weighted by Gasteiger charge is 2.18. The van der Waals surface area contributed by atoms with Gasteiger partial charge in [0.25, 0.3) is 5.91 Å². The second-order valence-corrected chi connectivity index (χ2v) is 8.61. The van der Waals surface area contributed by atoms with Crippen LogP contribution in [0.3, 0.4) is 0 Å². The molecule has 0 saturated carbocycles. The van der Waals surface area contributed by atoms with Gasteiger partial charge in [-0.2, -0.15) is 0 Å². The fourth-order valence-electron chi connectivity index (χ4n) is 2.95. The predicted octanol–water partition coefficient (Wildman–Crippen LogP) is 3.03. The Morgan fingerprint density at radius 1 is 1.00 bits per heavy atom. The van der Waals surface area contributed by atoms with E-state index in [0.717, 1.165) is 20.6 Å². The zero-order chi connectivity index (χ0) is 20.3. The Balaban J connectivity index is 1.81. The van der Waals surface area contributed by atoms with E-state index in [1.54, 1.807) is 7.11 Å². The fourth-order valence-corrected chi connectivity index (χ4v) is 3.85. The molecule has 1 N–H and O–H groups in total. The van der Waals surface area contributed by atoms with Crippen molar-refractivity contribution in [2.24, 2.45) is 0 Å². The lowest BCUT2D eigenvalue weighted by atomic mass is 10.0. The van der Waals surface area contributed by atoms with Crippen LogP contribution in [0.15, 0.2) is 65.6 Å². The fraction of sp³-hybridized carbons (Fsp3) is 0.190. The van der Waals surface area contributed by atoms with Crippen LogP contribution in [0.2, 0.25) is 0 Å². The second-order valence-electron chi connectivity index (χ2n) is 6.46. The third-order valence-corrected chi connectivity index (χ3v) is 6.37. The summed E-state index contributed by atoms with van der Waals surface area (Å²) < 4.78 is 30.8. The van der Waals surface area contributed by atoms with E-state index in [1.165, 1.54) is 38.4 Å². The maximum Gasteiger partial charge on any atom is 0.251 e. The average molecular weight is 398 g/mol. The van der Waals surface area contributed by atoms with E-state index in [9.17, 15) is 13.2 Å². The molecule has 0 spiro atoms. The standard InChI is InChI=1S/C21H22N2O4S/c1-23(2)28(25,26)17-11-8-16(9-12-17)21(24)22-14-19-18-7-5-4-6-15(18)10-13-20(19)27-3/h4-13H,14H2,1-3H3,(H,22,24). The number of ether oxygens (including phenoxy) is 1. The van der Waals surface area contributed by atoms with Crippen LogP contribution in [0.1, 0.15) is 15.9 Å². The van der Waals surface area contributed by atoms with Crippen LogP contribution in [-0.4, -0.2) is 39.8 Å². The maximum absolute atomic E-state index is 12.5. The lowest BCUT2D eigenvalue weighted by Crippen LogP contribution is -2.24. The number of hydrogen-bond donors (Lipinski definition) is 1. The van der Waals surface area contributed by atoms with Crippen molar-refractivity contribution in [1.29, 1.82) is 0 Å². The van der Waals surface area contributed by atoms with Crippen LogP contribution >= 0.6 is 0 Å². The summed E-state index contributed by atoms with van der Waals surface area (Å²) in [5.74, 6) is 0.412. The van der Waals surface area contributed by atoms with Crippen molar-refractivity contribution in [2.45, 2.75) is 11.4 Å². The molecule has 7 heteroatoms. The number of sulfonamides is 1. The van der Waals surface area contributed by atoms with Crippen LogP contribution in [0, 0.1) is 0 Å². The molecular weight excluding hydrogens is 376 g/mol. The van der Waals surface area contributed by atoms with Crippen LogP contribution in [0.4, 0.5) is 0 Å². The van der Waals surface area contributed by atoms with Gasteiger partial charge in [-0.1, -0.05) is 30.3 Å². The monoisotopic (exact) mass is 398 g/mol. The summed E-state index contributed by atoms with van der Waals surface area (Å²) in [5, 5.41) is 4.95. The summed E-state index contributed by atoms with van der Waals surface area (Å²) in [5.41, 5.74) is 1.28. The van der Waals surface area contributed by atoms with E-state index in [2.05, 4.69) is 5.32 Å². The Morgan fingerprint density at radius 2 is 1.68 bits per heavy atom. The number of carbonyl (C=O) groups excluding carboxylic acids is 1. The highest BCUT2D eigenvalue weighted by molar-refractivity contribution is 7.89. The molecule has 0 bridgehead atoms. The summed E-state index contributed by atoms with van der Waals surface area (Å²) in [4.78, 5) is 12.7. The molecule has 0 aliphatic carbocycles. The minimum Gasteiger partial charge on any atom is -0.496 e. The highest BCUT2D eigenvalue weighted by atomic mass is 32.2. The summed E-state index contributed by atoms with van der Waals surface area (Å²) in [6.45, 7) is 0.293. The number of fused-ring (bicyclic) bond motifs is 1. The first-order valence-corrected chi connectivity index (χ1v) is 10.1. The number of methoxy groups -OCH3 is 1. The van der Waals surface area contributed by atoms with Crippen molar-refractivity contribution in [3.8, 4) is 5.75 Å². The molecule has 146 valence electrons. The first-order valence-electron chi connectivity index (χ1n) is 8.70. The Hall–Kier alpha value is -2.90. The van der Waals surface area contributed by atoms with Crippen molar-refractivity contribution in [3.05, 3.63) is 71.8 Å². The van der Waals surface area contributed by atoms with E-state index in [-0.39, 0.29) is 10.8 Å². The quantitative estimate of drug-likeness (QED) is 0.693. The maximum atomic E-state index is 12.5. The topological polar surface area (TPSA) is 75.7 Å². The van der Waals surface area contributed by atoms with Gasteiger partial charge in [-0.15, -0.1) is 0 Å². The van der Waals surface area contributed by atoms with Gasteiger partial charge in [0, 0.05) is 31.8 Å².